The van der Waals surface area contributed by atoms with E-state index in [4.69, 9.17) is 18.7 Å². The van der Waals surface area contributed by atoms with Gasteiger partial charge in [-0.3, -0.25) is 0 Å². The molecule has 1 N–H and O–H groups in total. The van der Waals surface area contributed by atoms with Gasteiger partial charge in [0, 0.05) is 6.61 Å². The summed E-state index contributed by atoms with van der Waals surface area (Å²) in [5.41, 5.74) is 0. The largest absolute Gasteiger partial charge is 0.456 e. The van der Waals surface area contributed by atoms with Gasteiger partial charge in [-0.15, -0.1) is 0 Å². The van der Waals surface area contributed by atoms with Gasteiger partial charge in [-0.2, -0.15) is 0 Å². The highest BCUT2D eigenvalue weighted by Crippen LogP contribution is 2.19. The molecule has 0 rings (SSSR count). The monoisotopic (exact) mass is 294 g/mol. The molecule has 0 aliphatic heterocycles. The molecule has 0 bridgehead atoms. The maximum atomic E-state index is 8.52. The Morgan fingerprint density at radius 3 is 1.89 bits per heavy atom. The van der Waals surface area contributed by atoms with Crippen molar-refractivity contribution in [1.29, 1.82) is 0 Å². The first-order valence-electron chi connectivity index (χ1n) is 6.73. The average molecular weight is 295 g/mol. The Morgan fingerprint density at radius 2 is 1.39 bits per heavy atom. The number of aliphatic hydroxyl groups is 1. The molecule has 0 aliphatic carbocycles. The molecule has 0 atom stereocenters. The van der Waals surface area contributed by atoms with E-state index in [0.29, 0.717) is 19.8 Å². The number of ether oxygens (including phenoxy) is 2. The van der Waals surface area contributed by atoms with Crippen molar-refractivity contribution < 1.29 is 18.7 Å². The molecule has 18 heavy (non-hydrogen) atoms. The second-order valence-electron chi connectivity index (χ2n) is 6.03. The van der Waals surface area contributed by atoms with Gasteiger partial charge >= 0.3 is 0 Å². The molecule has 0 saturated heterocycles. The lowest BCUT2D eigenvalue weighted by Gasteiger charge is -2.31. The van der Waals surface area contributed by atoms with Gasteiger partial charge in [0.2, 0.25) is 0 Å². The van der Waals surface area contributed by atoms with Crippen molar-refractivity contribution in [3.05, 3.63) is 0 Å². The van der Waals surface area contributed by atoms with Gasteiger partial charge in [0.05, 0.1) is 26.4 Å². The van der Waals surface area contributed by atoms with Crippen molar-refractivity contribution in [2.45, 2.75) is 45.2 Å². The van der Waals surface area contributed by atoms with E-state index in [1.54, 1.807) is 0 Å². The predicted molar refractivity (Wildman–Crippen MR) is 80.1 cm³/mol. The molecular weight excluding hydrogens is 264 g/mol. The van der Waals surface area contributed by atoms with Gasteiger partial charge in [-0.1, -0.05) is 0 Å². The Kier molecular flexibility index (Phi) is 9.36. The fourth-order valence-electron chi connectivity index (χ4n) is 1.87. The normalized spacial score (nSPS) is 13.0. The van der Waals surface area contributed by atoms with Crippen LogP contribution in [0.1, 0.15) is 6.42 Å². The van der Waals surface area contributed by atoms with E-state index < -0.39 is 16.6 Å². The molecule has 110 valence electrons. The molecule has 0 aromatic rings. The van der Waals surface area contributed by atoms with Crippen LogP contribution in [-0.4, -0.2) is 54.8 Å². The first-order valence-corrected chi connectivity index (χ1v) is 13.3. The maximum absolute atomic E-state index is 8.52. The Hall–Kier alpha value is 0.274. The lowest BCUT2D eigenvalue weighted by atomic mass is 10.5. The zero-order valence-electron chi connectivity index (χ0n) is 12.6. The standard InChI is InChI=1S/C12H30O4Si2/c1-17(2,3)16-18(4,5)12-6-8-14-10-11-15-9-7-13/h13H,6-12H2,1-5H3. The molecule has 0 aromatic carbocycles. The van der Waals surface area contributed by atoms with E-state index in [1.165, 1.54) is 0 Å². The molecular formula is C12H30O4Si2. The summed E-state index contributed by atoms with van der Waals surface area (Å²) in [5, 5.41) is 8.52. The van der Waals surface area contributed by atoms with Crippen LogP contribution in [0.5, 0.6) is 0 Å². The summed E-state index contributed by atoms with van der Waals surface area (Å²) in [6, 6.07) is 1.15. The minimum Gasteiger partial charge on any atom is -0.456 e. The van der Waals surface area contributed by atoms with Crippen molar-refractivity contribution in [1.82, 2.24) is 0 Å². The smallest absolute Gasteiger partial charge is 0.173 e. The summed E-state index contributed by atoms with van der Waals surface area (Å²) < 4.78 is 16.8. The van der Waals surface area contributed by atoms with Crippen LogP contribution in [0.3, 0.4) is 0 Å². The summed E-state index contributed by atoms with van der Waals surface area (Å²) in [7, 11) is -2.91. The lowest BCUT2D eigenvalue weighted by Crippen LogP contribution is -2.42. The Balaban J connectivity index is 3.47. The minimum absolute atomic E-state index is 0.0772. The third kappa shape index (κ3) is 12.7. The highest BCUT2D eigenvalue weighted by atomic mass is 28.4. The number of hydrogen-bond donors (Lipinski definition) is 1. The summed E-state index contributed by atoms with van der Waals surface area (Å²) >= 11 is 0. The van der Waals surface area contributed by atoms with Crippen LogP contribution in [0.25, 0.3) is 0 Å². The van der Waals surface area contributed by atoms with Crippen molar-refractivity contribution in [3.8, 4) is 0 Å². The zero-order chi connectivity index (χ0) is 14.1. The molecule has 0 fully saturated rings. The molecule has 0 saturated carbocycles. The lowest BCUT2D eigenvalue weighted by molar-refractivity contribution is 0.0332. The van der Waals surface area contributed by atoms with Crippen molar-refractivity contribution in [3.63, 3.8) is 0 Å². The fraction of sp³-hybridized carbons (Fsp3) is 1.00. The molecule has 0 unspecified atom stereocenters. The fourth-order valence-corrected chi connectivity index (χ4v) is 9.90. The number of rotatable bonds is 11. The minimum atomic E-state index is -1.50. The first-order chi connectivity index (χ1) is 8.27. The van der Waals surface area contributed by atoms with Gasteiger partial charge in [-0.25, -0.2) is 0 Å². The Labute approximate surface area is 114 Å². The van der Waals surface area contributed by atoms with E-state index in [2.05, 4.69) is 32.7 Å². The first kappa shape index (κ1) is 18.3. The highest BCUT2D eigenvalue weighted by Gasteiger charge is 2.28. The second kappa shape index (κ2) is 9.22. The van der Waals surface area contributed by atoms with Crippen LogP contribution in [0, 0.1) is 0 Å². The van der Waals surface area contributed by atoms with Crippen LogP contribution in [0.4, 0.5) is 0 Å². The van der Waals surface area contributed by atoms with Crippen LogP contribution in [-0.2, 0) is 13.6 Å². The summed E-state index contributed by atoms with van der Waals surface area (Å²) in [6.45, 7) is 13.7. The number of aliphatic hydroxyl groups excluding tert-OH is 1. The molecule has 4 nitrogen and oxygen atoms in total. The third-order valence-electron chi connectivity index (χ3n) is 2.26. The molecule has 6 heteroatoms. The van der Waals surface area contributed by atoms with Crippen LogP contribution >= 0.6 is 0 Å². The predicted octanol–water partition coefficient (Wildman–Crippen LogP) is 2.46. The number of hydrogen-bond acceptors (Lipinski definition) is 4. The van der Waals surface area contributed by atoms with E-state index in [1.807, 2.05) is 0 Å². The molecule has 0 aromatic heterocycles. The van der Waals surface area contributed by atoms with Gasteiger partial charge in [0.25, 0.3) is 0 Å². The molecule has 0 spiro atoms. The molecule has 0 aliphatic rings. The van der Waals surface area contributed by atoms with Crippen LogP contribution in [0.15, 0.2) is 0 Å². The third-order valence-corrected chi connectivity index (χ3v) is 8.48. The Bertz CT molecular complexity index is 205. The van der Waals surface area contributed by atoms with Crippen LogP contribution in [0.2, 0.25) is 38.8 Å². The highest BCUT2D eigenvalue weighted by molar-refractivity contribution is 6.84. The molecule has 0 radical (unpaired) electrons. The van der Waals surface area contributed by atoms with E-state index in [-0.39, 0.29) is 6.61 Å². The van der Waals surface area contributed by atoms with Crippen molar-refractivity contribution in [2.24, 2.45) is 0 Å². The molecule has 0 amide bonds. The SMILES string of the molecule is C[Si](C)(C)O[Si](C)(C)CCCOCCOCCO. The summed E-state index contributed by atoms with van der Waals surface area (Å²) in [4.78, 5) is 0. The quantitative estimate of drug-likeness (QED) is 0.470. The zero-order valence-corrected chi connectivity index (χ0v) is 14.6. The van der Waals surface area contributed by atoms with Gasteiger partial charge in [0.1, 0.15) is 0 Å². The van der Waals surface area contributed by atoms with E-state index in [9.17, 15) is 0 Å². The summed E-state index contributed by atoms with van der Waals surface area (Å²) in [5.74, 6) is 0. The van der Waals surface area contributed by atoms with Crippen molar-refractivity contribution in [2.75, 3.05) is 33.0 Å². The van der Waals surface area contributed by atoms with Gasteiger partial charge in [-0.05, 0) is 45.2 Å². The topological polar surface area (TPSA) is 47.9 Å². The van der Waals surface area contributed by atoms with Gasteiger partial charge < -0.3 is 18.7 Å². The molecule has 0 heterocycles. The van der Waals surface area contributed by atoms with E-state index >= 15 is 0 Å². The summed E-state index contributed by atoms with van der Waals surface area (Å²) in [6.07, 6.45) is 1.06. The van der Waals surface area contributed by atoms with E-state index in [0.717, 1.165) is 19.1 Å². The average Bonchev–Trinajstić information content (AvgIpc) is 2.18. The van der Waals surface area contributed by atoms with Crippen molar-refractivity contribution >= 4 is 16.6 Å². The Morgan fingerprint density at radius 1 is 0.833 bits per heavy atom. The van der Waals surface area contributed by atoms with Crippen LogP contribution < -0.4 is 0 Å². The van der Waals surface area contributed by atoms with Gasteiger partial charge in [0.15, 0.2) is 16.6 Å². The second-order valence-corrected chi connectivity index (χ2v) is 15.1. The maximum Gasteiger partial charge on any atom is 0.173 e.